The molecule has 1 atom stereocenters. The fraction of sp³-hybridized carbons (Fsp3) is 0.762. The minimum Gasteiger partial charge on any atom is -0.356 e. The molecule has 2 aliphatic rings. The van der Waals surface area contributed by atoms with E-state index < -0.39 is 10.0 Å². The van der Waals surface area contributed by atoms with E-state index in [0.29, 0.717) is 38.3 Å². The number of nitrogens with one attached hydrogen (secondary N) is 1. The van der Waals surface area contributed by atoms with Crippen LogP contribution >= 0.6 is 11.3 Å². The third-order valence-electron chi connectivity index (χ3n) is 6.10. The Morgan fingerprint density at radius 1 is 1.24 bits per heavy atom. The van der Waals surface area contributed by atoms with Crippen LogP contribution in [-0.4, -0.2) is 62.0 Å². The quantitative estimate of drug-likeness (QED) is 0.640. The lowest BCUT2D eigenvalue weighted by Gasteiger charge is -2.33. The maximum atomic E-state index is 12.6. The minimum absolute atomic E-state index is 0.0570. The van der Waals surface area contributed by atoms with E-state index >= 15 is 0 Å². The van der Waals surface area contributed by atoms with Gasteiger partial charge in [-0.2, -0.15) is 0 Å². The molecule has 0 aliphatic carbocycles. The summed E-state index contributed by atoms with van der Waals surface area (Å²) in [5, 5.41) is 5.28. The summed E-state index contributed by atoms with van der Waals surface area (Å²) < 4.78 is 26.2. The molecule has 1 aromatic heterocycles. The van der Waals surface area contributed by atoms with E-state index in [1.807, 2.05) is 6.92 Å². The zero-order valence-electron chi connectivity index (χ0n) is 17.5. The van der Waals surface area contributed by atoms with Gasteiger partial charge in [-0.3, -0.25) is 9.69 Å². The SMILES string of the molecule is CCCCS(=O)(=O)N1CCC(C(=O)NCC2CCCN(Cc3cccs3)C2)CC1. The van der Waals surface area contributed by atoms with Gasteiger partial charge in [-0.05, 0) is 56.0 Å². The molecule has 1 aromatic rings. The average molecular weight is 442 g/mol. The monoisotopic (exact) mass is 441 g/mol. The van der Waals surface area contributed by atoms with E-state index in [4.69, 9.17) is 0 Å². The van der Waals surface area contributed by atoms with Crippen molar-refractivity contribution in [3.05, 3.63) is 22.4 Å². The maximum Gasteiger partial charge on any atom is 0.223 e. The van der Waals surface area contributed by atoms with Gasteiger partial charge in [0.2, 0.25) is 15.9 Å². The summed E-state index contributed by atoms with van der Waals surface area (Å²) in [6, 6.07) is 4.28. The second kappa shape index (κ2) is 10.9. The lowest BCUT2D eigenvalue weighted by molar-refractivity contribution is -0.126. The summed E-state index contributed by atoms with van der Waals surface area (Å²) in [5.74, 6) is 0.774. The summed E-state index contributed by atoms with van der Waals surface area (Å²) in [6.45, 7) is 6.85. The first-order chi connectivity index (χ1) is 14.0. The van der Waals surface area contributed by atoms with Gasteiger partial charge in [-0.1, -0.05) is 19.4 Å². The largest absolute Gasteiger partial charge is 0.356 e. The van der Waals surface area contributed by atoms with Gasteiger partial charge < -0.3 is 5.32 Å². The van der Waals surface area contributed by atoms with Gasteiger partial charge in [0.15, 0.2) is 0 Å². The molecular weight excluding hydrogens is 406 g/mol. The first-order valence-corrected chi connectivity index (χ1v) is 13.5. The molecule has 1 N–H and O–H groups in total. The highest BCUT2D eigenvalue weighted by Gasteiger charge is 2.31. The number of piperidine rings is 2. The number of carbonyl (C=O) groups excluding carboxylic acids is 1. The second-order valence-corrected chi connectivity index (χ2v) is 11.5. The standard InChI is InChI=1S/C21H35N3O3S2/c1-2-3-14-29(26,27)24-11-8-19(9-12-24)21(25)22-15-18-6-4-10-23(16-18)17-20-7-5-13-28-20/h5,7,13,18-19H,2-4,6,8-12,14-17H2,1H3,(H,22,25). The Balaban J connectivity index is 1.38. The predicted molar refractivity (Wildman–Crippen MR) is 118 cm³/mol. The topological polar surface area (TPSA) is 69.7 Å². The van der Waals surface area contributed by atoms with Crippen molar-refractivity contribution in [1.82, 2.24) is 14.5 Å². The van der Waals surface area contributed by atoms with E-state index in [1.165, 1.54) is 11.3 Å². The smallest absolute Gasteiger partial charge is 0.223 e. The molecular formula is C21H35N3O3S2. The van der Waals surface area contributed by atoms with Crippen LogP contribution in [0.2, 0.25) is 0 Å². The van der Waals surface area contributed by atoms with Gasteiger partial charge >= 0.3 is 0 Å². The van der Waals surface area contributed by atoms with Crippen LogP contribution in [-0.2, 0) is 21.4 Å². The molecule has 164 valence electrons. The number of nitrogens with zero attached hydrogens (tertiary/aromatic N) is 2. The number of sulfonamides is 1. The Hall–Kier alpha value is -0.960. The molecule has 8 heteroatoms. The lowest BCUT2D eigenvalue weighted by Crippen LogP contribution is -2.45. The highest BCUT2D eigenvalue weighted by Crippen LogP contribution is 2.22. The van der Waals surface area contributed by atoms with Gasteiger partial charge in [-0.15, -0.1) is 11.3 Å². The zero-order valence-corrected chi connectivity index (χ0v) is 19.1. The van der Waals surface area contributed by atoms with Crippen molar-refractivity contribution < 1.29 is 13.2 Å². The van der Waals surface area contributed by atoms with Gasteiger partial charge in [0, 0.05) is 43.5 Å². The first-order valence-electron chi connectivity index (χ1n) is 11.0. The highest BCUT2D eigenvalue weighted by molar-refractivity contribution is 7.89. The first kappa shape index (κ1) is 22.7. The second-order valence-electron chi connectivity index (χ2n) is 8.41. The molecule has 29 heavy (non-hydrogen) atoms. The van der Waals surface area contributed by atoms with Crippen molar-refractivity contribution in [3.63, 3.8) is 0 Å². The van der Waals surface area contributed by atoms with E-state index in [1.54, 1.807) is 15.6 Å². The summed E-state index contributed by atoms with van der Waals surface area (Å²) in [7, 11) is -3.15. The molecule has 2 fully saturated rings. The normalized spacial score (nSPS) is 22.6. The molecule has 0 radical (unpaired) electrons. The van der Waals surface area contributed by atoms with Crippen LogP contribution < -0.4 is 5.32 Å². The van der Waals surface area contributed by atoms with E-state index in [-0.39, 0.29) is 17.6 Å². The molecule has 3 heterocycles. The van der Waals surface area contributed by atoms with Crippen molar-refractivity contribution in [3.8, 4) is 0 Å². The van der Waals surface area contributed by atoms with Crippen LogP contribution in [0.15, 0.2) is 17.5 Å². The van der Waals surface area contributed by atoms with Gasteiger partial charge in [0.1, 0.15) is 0 Å². The third kappa shape index (κ3) is 6.77. The Morgan fingerprint density at radius 2 is 2.03 bits per heavy atom. The van der Waals surface area contributed by atoms with Gasteiger partial charge in [0.25, 0.3) is 0 Å². The van der Waals surface area contributed by atoms with E-state index in [2.05, 4.69) is 27.7 Å². The number of carbonyl (C=O) groups is 1. The Labute approximate surface area is 179 Å². The highest BCUT2D eigenvalue weighted by atomic mass is 32.2. The Bertz CT molecular complexity index is 728. The number of hydrogen-bond donors (Lipinski definition) is 1. The molecule has 2 saturated heterocycles. The molecule has 2 aliphatic heterocycles. The number of unbranched alkanes of at least 4 members (excludes halogenated alkanes) is 1. The predicted octanol–water partition coefficient (Wildman–Crippen LogP) is 2.92. The molecule has 0 spiro atoms. The molecule has 6 nitrogen and oxygen atoms in total. The van der Waals surface area contributed by atoms with Crippen LogP contribution in [0.1, 0.15) is 50.3 Å². The third-order valence-corrected chi connectivity index (χ3v) is 8.92. The van der Waals surface area contributed by atoms with Gasteiger partial charge in [-0.25, -0.2) is 12.7 Å². The molecule has 1 unspecified atom stereocenters. The van der Waals surface area contributed by atoms with Crippen molar-refractivity contribution >= 4 is 27.3 Å². The van der Waals surface area contributed by atoms with Crippen molar-refractivity contribution in [2.45, 2.75) is 52.0 Å². The molecule has 0 aromatic carbocycles. The summed E-state index contributed by atoms with van der Waals surface area (Å²) in [4.78, 5) is 16.5. The van der Waals surface area contributed by atoms with Crippen LogP contribution in [0, 0.1) is 11.8 Å². The number of thiophene rings is 1. The van der Waals surface area contributed by atoms with Crippen LogP contribution in [0.25, 0.3) is 0 Å². The van der Waals surface area contributed by atoms with E-state index in [0.717, 1.165) is 39.0 Å². The fourth-order valence-corrected chi connectivity index (χ4v) is 6.75. The fourth-order valence-electron chi connectivity index (χ4n) is 4.33. The Kier molecular flexibility index (Phi) is 8.53. The lowest BCUT2D eigenvalue weighted by atomic mass is 9.95. The summed E-state index contributed by atoms with van der Waals surface area (Å²) in [6.07, 6.45) is 5.19. The molecule has 1 amide bonds. The zero-order chi connectivity index (χ0) is 20.7. The summed E-state index contributed by atoms with van der Waals surface area (Å²) in [5.41, 5.74) is 0. The summed E-state index contributed by atoms with van der Waals surface area (Å²) >= 11 is 1.80. The molecule has 3 rings (SSSR count). The number of amides is 1. The maximum absolute atomic E-state index is 12.6. The van der Waals surface area contributed by atoms with Crippen LogP contribution in [0.5, 0.6) is 0 Å². The van der Waals surface area contributed by atoms with Crippen LogP contribution in [0.3, 0.4) is 0 Å². The van der Waals surface area contributed by atoms with Crippen molar-refractivity contribution in [2.24, 2.45) is 11.8 Å². The number of rotatable bonds is 9. The van der Waals surface area contributed by atoms with Crippen molar-refractivity contribution in [2.75, 3.05) is 38.5 Å². The molecule has 0 saturated carbocycles. The minimum atomic E-state index is -3.15. The van der Waals surface area contributed by atoms with Crippen LogP contribution in [0.4, 0.5) is 0 Å². The molecule has 0 bridgehead atoms. The average Bonchev–Trinajstić information content (AvgIpc) is 3.24. The van der Waals surface area contributed by atoms with Gasteiger partial charge in [0.05, 0.1) is 5.75 Å². The number of hydrogen-bond acceptors (Lipinski definition) is 5. The van der Waals surface area contributed by atoms with E-state index in [9.17, 15) is 13.2 Å². The Morgan fingerprint density at radius 3 is 2.72 bits per heavy atom. The van der Waals surface area contributed by atoms with Crippen molar-refractivity contribution in [1.29, 1.82) is 0 Å². The number of likely N-dealkylation sites (tertiary alicyclic amines) is 1.